The fourth-order valence-electron chi connectivity index (χ4n) is 1.68. The molecule has 0 unspecified atom stereocenters. The van der Waals surface area contributed by atoms with Crippen molar-refractivity contribution in [3.05, 3.63) is 0 Å². The molecular weight excluding hydrogens is 200 g/mol. The summed E-state index contributed by atoms with van der Waals surface area (Å²) < 4.78 is 26.5. The summed E-state index contributed by atoms with van der Waals surface area (Å²) in [5.41, 5.74) is -1.60. The Kier molecular flexibility index (Phi) is 3.08. The molecule has 2 nitrogen and oxygen atoms in total. The van der Waals surface area contributed by atoms with E-state index < -0.39 is 17.2 Å². The lowest BCUT2D eigenvalue weighted by Crippen LogP contribution is -2.58. The zero-order valence-corrected chi connectivity index (χ0v) is 9.81. The highest BCUT2D eigenvalue weighted by molar-refractivity contribution is 5.84. The molecule has 0 saturated carbocycles. The maximum atomic E-state index is 13.3. The summed E-state index contributed by atoms with van der Waals surface area (Å²) in [5.74, 6) is -3.40. The van der Waals surface area contributed by atoms with Crippen molar-refractivity contribution in [2.24, 2.45) is 5.41 Å². The minimum Gasteiger partial charge on any atom is -0.339 e. The van der Waals surface area contributed by atoms with Crippen LogP contribution in [-0.2, 0) is 4.79 Å². The van der Waals surface area contributed by atoms with Crippen LogP contribution in [0.3, 0.4) is 0 Å². The molecule has 1 aliphatic heterocycles. The van der Waals surface area contributed by atoms with Crippen LogP contribution in [0, 0.1) is 5.41 Å². The second-order valence-electron chi connectivity index (χ2n) is 4.86. The monoisotopic (exact) mass is 219 g/mol. The number of amides is 1. The van der Waals surface area contributed by atoms with Crippen LogP contribution in [-0.4, -0.2) is 29.3 Å². The Morgan fingerprint density at radius 1 is 1.40 bits per heavy atom. The summed E-state index contributed by atoms with van der Waals surface area (Å²) >= 11 is 0. The summed E-state index contributed by atoms with van der Waals surface area (Å²) in [6, 6.07) is 0.166. The summed E-state index contributed by atoms with van der Waals surface area (Å²) in [7, 11) is 0. The normalized spacial score (nSPS) is 22.5. The van der Waals surface area contributed by atoms with Crippen LogP contribution in [0.4, 0.5) is 8.78 Å². The van der Waals surface area contributed by atoms with E-state index in [0.29, 0.717) is 6.54 Å². The quantitative estimate of drug-likeness (QED) is 0.714. The Hall–Kier alpha value is -0.670. The zero-order valence-electron chi connectivity index (χ0n) is 9.81. The number of likely N-dealkylation sites (tertiary alicyclic amines) is 1. The molecule has 0 N–H and O–H groups in total. The van der Waals surface area contributed by atoms with Gasteiger partial charge in [-0.05, 0) is 26.7 Å². The molecule has 0 aromatic rings. The lowest BCUT2D eigenvalue weighted by atomic mass is 9.82. The number of alkyl halides is 2. The molecule has 0 bridgehead atoms. The van der Waals surface area contributed by atoms with Gasteiger partial charge >= 0.3 is 0 Å². The van der Waals surface area contributed by atoms with Crippen molar-refractivity contribution in [3.8, 4) is 0 Å². The van der Waals surface area contributed by atoms with Gasteiger partial charge in [0.2, 0.25) is 5.91 Å². The van der Waals surface area contributed by atoms with Gasteiger partial charge in [0.15, 0.2) is 0 Å². The van der Waals surface area contributed by atoms with Crippen molar-refractivity contribution >= 4 is 5.91 Å². The Bertz CT molecular complexity index is 256. The van der Waals surface area contributed by atoms with E-state index >= 15 is 0 Å². The van der Waals surface area contributed by atoms with Gasteiger partial charge in [0.25, 0.3) is 5.92 Å². The van der Waals surface area contributed by atoms with Crippen LogP contribution in [0.2, 0.25) is 0 Å². The number of carbonyl (C=O) groups is 1. The first kappa shape index (κ1) is 12.4. The summed E-state index contributed by atoms with van der Waals surface area (Å²) in [5, 5.41) is 0. The van der Waals surface area contributed by atoms with Crippen molar-refractivity contribution in [3.63, 3.8) is 0 Å². The molecule has 1 fully saturated rings. The SMILES string of the molecule is CC[C@H]1CCN1C(=O)C(C)(C)C(C)(F)F. The first-order valence-corrected chi connectivity index (χ1v) is 5.40. The van der Waals surface area contributed by atoms with Crippen LogP contribution in [0.15, 0.2) is 0 Å². The van der Waals surface area contributed by atoms with Gasteiger partial charge in [-0.2, -0.15) is 0 Å². The number of nitrogens with zero attached hydrogens (tertiary/aromatic N) is 1. The van der Waals surface area contributed by atoms with Gasteiger partial charge in [-0.25, -0.2) is 8.78 Å². The molecule has 88 valence electrons. The highest BCUT2D eigenvalue weighted by atomic mass is 19.3. The van der Waals surface area contributed by atoms with Crippen LogP contribution < -0.4 is 0 Å². The van der Waals surface area contributed by atoms with Gasteiger partial charge in [-0.15, -0.1) is 0 Å². The average molecular weight is 219 g/mol. The first-order valence-electron chi connectivity index (χ1n) is 5.40. The summed E-state index contributed by atoms with van der Waals surface area (Å²) in [4.78, 5) is 13.5. The molecule has 15 heavy (non-hydrogen) atoms. The van der Waals surface area contributed by atoms with Crippen LogP contribution in [0.1, 0.15) is 40.5 Å². The third-order valence-corrected chi connectivity index (χ3v) is 3.51. The Morgan fingerprint density at radius 2 is 1.93 bits per heavy atom. The zero-order chi connectivity index (χ0) is 11.9. The van der Waals surface area contributed by atoms with Crippen molar-refractivity contribution in [2.75, 3.05) is 6.54 Å². The lowest BCUT2D eigenvalue weighted by molar-refractivity contribution is -0.170. The maximum Gasteiger partial charge on any atom is 0.259 e. The van der Waals surface area contributed by atoms with E-state index in [1.165, 1.54) is 13.8 Å². The van der Waals surface area contributed by atoms with E-state index in [2.05, 4.69) is 0 Å². The lowest BCUT2D eigenvalue weighted by Gasteiger charge is -2.45. The van der Waals surface area contributed by atoms with Gasteiger partial charge in [-0.3, -0.25) is 4.79 Å². The molecule has 0 aromatic heterocycles. The van der Waals surface area contributed by atoms with E-state index in [4.69, 9.17) is 0 Å². The minimum atomic E-state index is -2.97. The van der Waals surface area contributed by atoms with Crippen LogP contribution in [0.25, 0.3) is 0 Å². The van der Waals surface area contributed by atoms with E-state index in [1.807, 2.05) is 6.92 Å². The molecule has 1 heterocycles. The molecular formula is C11H19F2NO. The molecule has 0 aliphatic carbocycles. The van der Waals surface area contributed by atoms with Gasteiger partial charge in [0.1, 0.15) is 5.41 Å². The molecule has 0 spiro atoms. The summed E-state index contributed by atoms with van der Waals surface area (Å²) in [6.45, 7) is 6.05. The minimum absolute atomic E-state index is 0.166. The average Bonchev–Trinajstić information content (AvgIpc) is 2.00. The molecule has 1 rings (SSSR count). The number of hydrogen-bond acceptors (Lipinski definition) is 1. The maximum absolute atomic E-state index is 13.3. The first-order chi connectivity index (χ1) is 6.71. The van der Waals surface area contributed by atoms with E-state index in [1.54, 1.807) is 4.90 Å². The highest BCUT2D eigenvalue weighted by Crippen LogP contribution is 2.39. The Labute approximate surface area is 89.6 Å². The Balaban J connectivity index is 2.76. The number of carbonyl (C=O) groups excluding carboxylic acids is 1. The molecule has 0 aromatic carbocycles. The van der Waals surface area contributed by atoms with Crippen molar-refractivity contribution in [1.29, 1.82) is 0 Å². The van der Waals surface area contributed by atoms with E-state index in [9.17, 15) is 13.6 Å². The molecule has 4 heteroatoms. The van der Waals surface area contributed by atoms with E-state index in [-0.39, 0.29) is 6.04 Å². The molecule has 0 radical (unpaired) electrons. The second-order valence-corrected chi connectivity index (χ2v) is 4.86. The fraction of sp³-hybridized carbons (Fsp3) is 0.909. The van der Waals surface area contributed by atoms with Gasteiger partial charge in [0.05, 0.1) is 0 Å². The van der Waals surface area contributed by atoms with Crippen molar-refractivity contribution in [2.45, 2.75) is 52.5 Å². The number of halogens is 2. The third kappa shape index (κ3) is 1.99. The van der Waals surface area contributed by atoms with Crippen molar-refractivity contribution < 1.29 is 13.6 Å². The second kappa shape index (κ2) is 3.72. The third-order valence-electron chi connectivity index (χ3n) is 3.51. The fourth-order valence-corrected chi connectivity index (χ4v) is 1.68. The number of rotatable bonds is 3. The predicted molar refractivity (Wildman–Crippen MR) is 54.8 cm³/mol. The van der Waals surface area contributed by atoms with E-state index in [0.717, 1.165) is 19.8 Å². The topological polar surface area (TPSA) is 20.3 Å². The van der Waals surface area contributed by atoms with Crippen LogP contribution >= 0.6 is 0 Å². The Morgan fingerprint density at radius 3 is 2.20 bits per heavy atom. The molecule has 1 saturated heterocycles. The molecule has 1 amide bonds. The number of hydrogen-bond donors (Lipinski definition) is 0. The van der Waals surface area contributed by atoms with Gasteiger partial charge in [-0.1, -0.05) is 6.92 Å². The molecule has 1 aliphatic rings. The van der Waals surface area contributed by atoms with Crippen molar-refractivity contribution in [1.82, 2.24) is 4.90 Å². The largest absolute Gasteiger partial charge is 0.339 e. The van der Waals surface area contributed by atoms with Crippen LogP contribution in [0.5, 0.6) is 0 Å². The predicted octanol–water partition coefficient (Wildman–Crippen LogP) is 2.68. The molecule has 1 atom stereocenters. The smallest absolute Gasteiger partial charge is 0.259 e. The standard InChI is InChI=1S/C11H19F2NO/c1-5-8-6-7-14(8)9(15)10(2,3)11(4,12)13/h8H,5-7H2,1-4H3/t8-/m0/s1. The van der Waals surface area contributed by atoms with Gasteiger partial charge in [0, 0.05) is 19.5 Å². The van der Waals surface area contributed by atoms with Gasteiger partial charge < -0.3 is 4.90 Å². The summed E-state index contributed by atoms with van der Waals surface area (Å²) in [6.07, 6.45) is 1.78. The highest BCUT2D eigenvalue weighted by Gasteiger charge is 2.51.